The van der Waals surface area contributed by atoms with Gasteiger partial charge in [0, 0.05) is 20.2 Å². The van der Waals surface area contributed by atoms with Gasteiger partial charge < -0.3 is 15.7 Å². The molecular formula is C5H12N2OS4. The summed E-state index contributed by atoms with van der Waals surface area (Å²) in [5.74, 6) is 0. The fourth-order valence-corrected chi connectivity index (χ4v) is 0.767. The molecule has 0 bridgehead atoms. The highest BCUT2D eigenvalue weighted by molar-refractivity contribution is 8.11. The number of hydrogen-bond acceptors (Lipinski definition) is 3. The van der Waals surface area contributed by atoms with Gasteiger partial charge >= 0.3 is 0 Å². The van der Waals surface area contributed by atoms with Crippen LogP contribution in [0.2, 0.25) is 0 Å². The topological polar surface area (TPSA) is 44.3 Å². The Morgan fingerprint density at radius 2 is 1.33 bits per heavy atom. The van der Waals surface area contributed by atoms with Crippen LogP contribution in [0.4, 0.5) is 0 Å². The van der Waals surface area contributed by atoms with Crippen LogP contribution in [-0.2, 0) is 0 Å². The molecule has 12 heavy (non-hydrogen) atoms. The smallest absolute Gasteiger partial charge is 0.130 e. The predicted octanol–water partition coefficient (Wildman–Crippen LogP) is 0.204. The molecule has 0 aromatic carbocycles. The van der Waals surface area contributed by atoms with Gasteiger partial charge in [-0.15, -0.1) is 25.3 Å². The van der Waals surface area contributed by atoms with Crippen molar-refractivity contribution in [1.29, 1.82) is 0 Å². The number of thiol groups is 2. The van der Waals surface area contributed by atoms with Gasteiger partial charge in [-0.3, -0.25) is 0 Å². The van der Waals surface area contributed by atoms with Crippen LogP contribution in [0.15, 0.2) is 0 Å². The number of aliphatic hydroxyl groups excluding tert-OH is 1. The summed E-state index contributed by atoms with van der Waals surface area (Å²) in [4.78, 5) is 0. The van der Waals surface area contributed by atoms with Crippen molar-refractivity contribution in [2.75, 3.05) is 20.2 Å². The Kier molecular flexibility index (Phi) is 14.2. The maximum Gasteiger partial charge on any atom is 0.130 e. The van der Waals surface area contributed by atoms with E-state index >= 15 is 0 Å². The van der Waals surface area contributed by atoms with Gasteiger partial charge in [0.05, 0.1) is 0 Å². The van der Waals surface area contributed by atoms with E-state index in [9.17, 15) is 0 Å². The summed E-state index contributed by atoms with van der Waals surface area (Å²) in [5, 5.41) is 12.7. The SMILES string of the molecule is CO.S=C(S)NCCNC(=S)S. The first-order valence-electron chi connectivity index (χ1n) is 3.01. The van der Waals surface area contributed by atoms with Gasteiger partial charge in [0.2, 0.25) is 0 Å². The molecule has 0 amide bonds. The van der Waals surface area contributed by atoms with Crippen molar-refractivity contribution in [1.82, 2.24) is 10.6 Å². The summed E-state index contributed by atoms with van der Waals surface area (Å²) in [6, 6.07) is 0. The molecule has 0 radical (unpaired) electrons. The van der Waals surface area contributed by atoms with E-state index < -0.39 is 0 Å². The first-order valence-corrected chi connectivity index (χ1v) is 4.72. The summed E-state index contributed by atoms with van der Waals surface area (Å²) >= 11 is 17.0. The van der Waals surface area contributed by atoms with E-state index in [0.29, 0.717) is 21.7 Å². The molecule has 3 N–H and O–H groups in total. The number of aliphatic hydroxyl groups is 1. The molecule has 0 aromatic heterocycles. The van der Waals surface area contributed by atoms with Gasteiger partial charge in [0.25, 0.3) is 0 Å². The summed E-state index contributed by atoms with van der Waals surface area (Å²) in [5.41, 5.74) is 0. The zero-order chi connectivity index (χ0) is 9.98. The standard InChI is InChI=1S/C4H8N2S4.CH4O/c7-3(8)5-1-2-6-4(9)10;1-2/h1-2H2,(H2,5,7,8)(H2,6,9,10);2H,1H3. The van der Waals surface area contributed by atoms with Crippen molar-refractivity contribution in [3.63, 3.8) is 0 Å². The monoisotopic (exact) mass is 244 g/mol. The lowest BCUT2D eigenvalue weighted by molar-refractivity contribution is 0.399. The van der Waals surface area contributed by atoms with Crippen molar-refractivity contribution in [2.45, 2.75) is 0 Å². The van der Waals surface area contributed by atoms with Crippen LogP contribution in [0.25, 0.3) is 0 Å². The van der Waals surface area contributed by atoms with E-state index in [0.717, 1.165) is 7.11 Å². The van der Waals surface area contributed by atoms with Crippen LogP contribution >= 0.6 is 49.7 Å². The lowest BCUT2D eigenvalue weighted by Gasteiger charge is -2.03. The Morgan fingerprint density at radius 1 is 1.08 bits per heavy atom. The van der Waals surface area contributed by atoms with Gasteiger partial charge in [-0.05, 0) is 0 Å². The second kappa shape index (κ2) is 11.4. The highest BCUT2D eigenvalue weighted by atomic mass is 32.1. The third-order valence-electron chi connectivity index (χ3n) is 0.677. The van der Waals surface area contributed by atoms with Gasteiger partial charge in [-0.25, -0.2) is 0 Å². The highest BCUT2D eigenvalue weighted by Gasteiger charge is 1.87. The van der Waals surface area contributed by atoms with Crippen molar-refractivity contribution in [3.05, 3.63) is 0 Å². The Bertz CT molecular complexity index is 125. The zero-order valence-electron chi connectivity index (χ0n) is 6.57. The Morgan fingerprint density at radius 3 is 1.50 bits per heavy atom. The minimum atomic E-state index is 0.492. The first-order chi connectivity index (χ1) is 5.63. The largest absolute Gasteiger partial charge is 0.400 e. The van der Waals surface area contributed by atoms with Crippen LogP contribution in [0.5, 0.6) is 0 Å². The molecule has 7 heteroatoms. The summed E-state index contributed by atoms with van der Waals surface area (Å²) in [7, 11) is 1.00. The van der Waals surface area contributed by atoms with Crippen LogP contribution in [-0.4, -0.2) is 33.9 Å². The fraction of sp³-hybridized carbons (Fsp3) is 0.600. The van der Waals surface area contributed by atoms with E-state index in [1.165, 1.54) is 0 Å². The molecule has 0 spiro atoms. The lowest BCUT2D eigenvalue weighted by Crippen LogP contribution is -2.29. The average molecular weight is 244 g/mol. The number of thiocarbonyl (C=S) groups is 2. The Hall–Kier alpha value is 0.440. The second-order valence-electron chi connectivity index (χ2n) is 1.46. The highest BCUT2D eigenvalue weighted by Crippen LogP contribution is 1.77. The molecule has 0 rings (SSSR count). The molecule has 0 saturated carbocycles. The molecule has 0 saturated heterocycles. The van der Waals surface area contributed by atoms with E-state index in [1.807, 2.05) is 0 Å². The van der Waals surface area contributed by atoms with Crippen LogP contribution in [0.1, 0.15) is 0 Å². The minimum Gasteiger partial charge on any atom is -0.400 e. The zero-order valence-corrected chi connectivity index (χ0v) is 9.99. The average Bonchev–Trinajstić information content (AvgIpc) is 2.02. The Balaban J connectivity index is 0. The van der Waals surface area contributed by atoms with Gasteiger partial charge in [-0.2, -0.15) is 0 Å². The van der Waals surface area contributed by atoms with Gasteiger partial charge in [0.15, 0.2) is 0 Å². The molecule has 0 unspecified atom stereocenters. The molecule has 0 aliphatic carbocycles. The summed E-state index contributed by atoms with van der Waals surface area (Å²) in [6.07, 6.45) is 0. The molecule has 0 fully saturated rings. The molecule has 0 aromatic rings. The minimum absolute atomic E-state index is 0.492. The maximum absolute atomic E-state index is 7.00. The van der Waals surface area contributed by atoms with E-state index in [2.05, 4.69) is 60.3 Å². The van der Waals surface area contributed by atoms with E-state index in [-0.39, 0.29) is 0 Å². The van der Waals surface area contributed by atoms with Crippen LogP contribution < -0.4 is 10.6 Å². The lowest BCUT2D eigenvalue weighted by atomic mass is 10.6. The van der Waals surface area contributed by atoms with Crippen molar-refractivity contribution in [3.8, 4) is 0 Å². The number of rotatable bonds is 3. The molecule has 0 heterocycles. The van der Waals surface area contributed by atoms with Gasteiger partial charge in [-0.1, -0.05) is 24.4 Å². The van der Waals surface area contributed by atoms with Gasteiger partial charge in [0.1, 0.15) is 8.64 Å². The molecule has 0 aliphatic heterocycles. The summed E-state index contributed by atoms with van der Waals surface area (Å²) < 4.78 is 0.985. The molecule has 72 valence electrons. The first kappa shape index (κ1) is 14.9. The second-order valence-corrected chi connectivity index (χ2v) is 3.78. The van der Waals surface area contributed by atoms with Crippen LogP contribution in [0.3, 0.4) is 0 Å². The van der Waals surface area contributed by atoms with Crippen LogP contribution in [0, 0.1) is 0 Å². The van der Waals surface area contributed by atoms with Crippen molar-refractivity contribution in [2.24, 2.45) is 0 Å². The predicted molar refractivity (Wildman–Crippen MR) is 67.3 cm³/mol. The summed E-state index contributed by atoms with van der Waals surface area (Å²) in [6.45, 7) is 1.42. The molecule has 0 atom stereocenters. The van der Waals surface area contributed by atoms with Crippen molar-refractivity contribution >= 4 is 58.3 Å². The molecule has 0 aliphatic rings. The quantitative estimate of drug-likeness (QED) is 0.279. The maximum atomic E-state index is 7.00. The third-order valence-corrected chi connectivity index (χ3v) is 1.28. The third kappa shape index (κ3) is 16.8. The molecule has 3 nitrogen and oxygen atoms in total. The van der Waals surface area contributed by atoms with E-state index in [1.54, 1.807) is 0 Å². The number of nitrogens with one attached hydrogen (secondary N) is 2. The van der Waals surface area contributed by atoms with E-state index in [4.69, 9.17) is 5.11 Å². The fourth-order valence-electron chi connectivity index (χ4n) is 0.339. The number of hydrogen-bond donors (Lipinski definition) is 5. The molecular weight excluding hydrogens is 232 g/mol. The Labute approximate surface area is 94.1 Å². The van der Waals surface area contributed by atoms with Crippen molar-refractivity contribution < 1.29 is 5.11 Å². The normalized spacial score (nSPS) is 7.67.